The second kappa shape index (κ2) is 4.70. The van der Waals surface area contributed by atoms with Crippen molar-refractivity contribution in [1.82, 2.24) is 9.97 Å². The van der Waals surface area contributed by atoms with Crippen molar-refractivity contribution in [1.29, 1.82) is 0 Å². The highest BCUT2D eigenvalue weighted by Crippen LogP contribution is 2.40. The quantitative estimate of drug-likeness (QED) is 0.825. The van der Waals surface area contributed by atoms with Crippen molar-refractivity contribution in [2.45, 2.75) is 25.7 Å². The summed E-state index contributed by atoms with van der Waals surface area (Å²) in [6.45, 7) is 1.81. The molecule has 0 atom stereocenters. The molecule has 1 heterocycles. The van der Waals surface area contributed by atoms with E-state index in [9.17, 15) is 9.18 Å². The Balaban J connectivity index is 2.17. The maximum atomic E-state index is 13.1. The van der Waals surface area contributed by atoms with Crippen molar-refractivity contribution in [3.63, 3.8) is 0 Å². The monoisotopic (exact) mass is 370 g/mol. The molecule has 1 aromatic carbocycles. The van der Waals surface area contributed by atoms with Crippen LogP contribution in [0.3, 0.4) is 0 Å². The van der Waals surface area contributed by atoms with Crippen LogP contribution in [0, 0.1) is 16.3 Å². The smallest absolute Gasteiger partial charge is 0.264 e. The van der Waals surface area contributed by atoms with Gasteiger partial charge in [0.25, 0.3) is 5.56 Å². The Morgan fingerprint density at radius 1 is 1.42 bits per heavy atom. The molecular formula is C14H12FIN2O. The zero-order valence-corrected chi connectivity index (χ0v) is 12.5. The molecule has 3 rings (SSSR count). The summed E-state index contributed by atoms with van der Waals surface area (Å²) in [4.78, 5) is 19.3. The average Bonchev–Trinajstić information content (AvgIpc) is 3.17. The largest absolute Gasteiger partial charge is 0.306 e. The van der Waals surface area contributed by atoms with Crippen molar-refractivity contribution >= 4 is 22.6 Å². The minimum Gasteiger partial charge on any atom is -0.306 e. The van der Waals surface area contributed by atoms with E-state index >= 15 is 0 Å². The van der Waals surface area contributed by atoms with Gasteiger partial charge in [0.1, 0.15) is 11.6 Å². The highest BCUT2D eigenvalue weighted by atomic mass is 127. The van der Waals surface area contributed by atoms with E-state index in [2.05, 4.69) is 9.97 Å². The topological polar surface area (TPSA) is 45.8 Å². The molecule has 2 aromatic rings. The Morgan fingerprint density at radius 2 is 2.16 bits per heavy atom. The lowest BCUT2D eigenvalue weighted by Gasteiger charge is -2.08. The number of hydrogen-bond acceptors (Lipinski definition) is 2. The lowest BCUT2D eigenvalue weighted by Crippen LogP contribution is -2.16. The number of halogens is 2. The third-order valence-corrected chi connectivity index (χ3v) is 4.34. The molecule has 5 heteroatoms. The zero-order valence-electron chi connectivity index (χ0n) is 10.3. The number of nitrogens with one attached hydrogen (secondary N) is 1. The molecule has 3 nitrogen and oxygen atoms in total. The van der Waals surface area contributed by atoms with Crippen LogP contribution in [0.2, 0.25) is 0 Å². The molecule has 1 aromatic heterocycles. The molecular weight excluding hydrogens is 358 g/mol. The molecule has 0 saturated heterocycles. The molecule has 0 spiro atoms. The third kappa shape index (κ3) is 2.43. The van der Waals surface area contributed by atoms with Gasteiger partial charge in [0.2, 0.25) is 0 Å². The molecule has 1 saturated carbocycles. The van der Waals surface area contributed by atoms with E-state index in [0.29, 0.717) is 15.3 Å². The molecule has 98 valence electrons. The van der Waals surface area contributed by atoms with Crippen molar-refractivity contribution in [2.24, 2.45) is 0 Å². The molecule has 19 heavy (non-hydrogen) atoms. The van der Waals surface area contributed by atoms with E-state index in [1.807, 2.05) is 29.5 Å². The molecule has 1 N–H and O–H groups in total. The highest BCUT2D eigenvalue weighted by molar-refractivity contribution is 14.1. The summed E-state index contributed by atoms with van der Waals surface area (Å²) in [7, 11) is 0. The molecule has 0 unspecified atom stereocenters. The van der Waals surface area contributed by atoms with Crippen molar-refractivity contribution in [2.75, 3.05) is 0 Å². The van der Waals surface area contributed by atoms with Crippen LogP contribution in [0.4, 0.5) is 4.39 Å². The van der Waals surface area contributed by atoms with Crippen LogP contribution >= 0.6 is 22.6 Å². The summed E-state index contributed by atoms with van der Waals surface area (Å²) in [6.07, 6.45) is 2.18. The maximum Gasteiger partial charge on any atom is 0.264 e. The first kappa shape index (κ1) is 12.8. The standard InChI is InChI=1S/C14H12FIN2O/c1-7-6-9(15)4-5-10(7)13-17-12(8-2-3-8)11(16)14(19)18-13/h4-6,8H,2-3H2,1H3,(H,17,18,19). The maximum absolute atomic E-state index is 13.1. The van der Waals surface area contributed by atoms with Gasteiger partial charge in [-0.15, -0.1) is 0 Å². The molecule has 1 aliphatic rings. The van der Waals surface area contributed by atoms with Crippen LogP contribution in [-0.4, -0.2) is 9.97 Å². The van der Waals surface area contributed by atoms with Crippen LogP contribution in [-0.2, 0) is 0 Å². The van der Waals surface area contributed by atoms with Crippen LogP contribution < -0.4 is 5.56 Å². The van der Waals surface area contributed by atoms with Gasteiger partial charge in [-0.3, -0.25) is 4.79 Å². The van der Waals surface area contributed by atoms with Crippen LogP contribution in [0.15, 0.2) is 23.0 Å². The van der Waals surface area contributed by atoms with Crippen LogP contribution in [0.1, 0.15) is 30.0 Å². The van der Waals surface area contributed by atoms with E-state index < -0.39 is 0 Å². The molecule has 1 fully saturated rings. The van der Waals surface area contributed by atoms with Gasteiger partial charge in [0.15, 0.2) is 0 Å². The SMILES string of the molecule is Cc1cc(F)ccc1-c1nc(C2CC2)c(I)c(=O)[nH]1. The van der Waals surface area contributed by atoms with E-state index in [4.69, 9.17) is 0 Å². The Hall–Kier alpha value is -1.24. The molecule has 0 radical (unpaired) electrons. The summed E-state index contributed by atoms with van der Waals surface area (Å²) >= 11 is 2.04. The fourth-order valence-corrected chi connectivity index (χ4v) is 2.82. The number of benzene rings is 1. The van der Waals surface area contributed by atoms with Gasteiger partial charge in [-0.2, -0.15) is 0 Å². The lowest BCUT2D eigenvalue weighted by molar-refractivity contribution is 0.627. The zero-order chi connectivity index (χ0) is 13.6. The fraction of sp³-hybridized carbons (Fsp3) is 0.286. The van der Waals surface area contributed by atoms with Crippen LogP contribution in [0.25, 0.3) is 11.4 Å². The van der Waals surface area contributed by atoms with Crippen molar-refractivity contribution in [3.05, 3.63) is 49.2 Å². The van der Waals surface area contributed by atoms with Gasteiger partial charge in [-0.25, -0.2) is 9.37 Å². The van der Waals surface area contributed by atoms with E-state index in [1.54, 1.807) is 6.07 Å². The number of rotatable bonds is 2. The van der Waals surface area contributed by atoms with E-state index in [-0.39, 0.29) is 11.4 Å². The summed E-state index contributed by atoms with van der Waals surface area (Å²) in [6, 6.07) is 4.49. The summed E-state index contributed by atoms with van der Waals surface area (Å²) < 4.78 is 13.8. The van der Waals surface area contributed by atoms with Gasteiger partial charge < -0.3 is 4.98 Å². The van der Waals surface area contributed by atoms with Crippen molar-refractivity contribution < 1.29 is 4.39 Å². The predicted octanol–water partition coefficient (Wildman–Crippen LogP) is 3.37. The predicted molar refractivity (Wildman–Crippen MR) is 79.7 cm³/mol. The molecule has 0 bridgehead atoms. The van der Waals surface area contributed by atoms with Gasteiger partial charge >= 0.3 is 0 Å². The van der Waals surface area contributed by atoms with E-state index in [0.717, 1.165) is 29.7 Å². The normalized spacial score (nSPS) is 14.7. The number of H-pyrrole nitrogens is 1. The van der Waals surface area contributed by atoms with Gasteiger partial charge in [-0.05, 0) is 66.1 Å². The first-order chi connectivity index (χ1) is 9.06. The minimum atomic E-state index is -0.281. The Morgan fingerprint density at radius 3 is 2.79 bits per heavy atom. The number of aryl methyl sites for hydroxylation is 1. The average molecular weight is 370 g/mol. The molecule has 0 aliphatic heterocycles. The summed E-state index contributed by atoms with van der Waals surface area (Å²) in [5, 5.41) is 0. The number of hydrogen-bond donors (Lipinski definition) is 1. The Kier molecular flexibility index (Phi) is 3.16. The van der Waals surface area contributed by atoms with Gasteiger partial charge in [-0.1, -0.05) is 0 Å². The number of aromatic amines is 1. The third-order valence-electron chi connectivity index (χ3n) is 3.30. The lowest BCUT2D eigenvalue weighted by atomic mass is 10.1. The minimum absolute atomic E-state index is 0.115. The first-order valence-corrected chi connectivity index (χ1v) is 7.20. The second-order valence-corrected chi connectivity index (χ2v) is 5.93. The second-order valence-electron chi connectivity index (χ2n) is 4.85. The summed E-state index contributed by atoms with van der Waals surface area (Å²) in [5.41, 5.74) is 2.31. The Bertz CT molecular complexity index is 707. The molecule has 0 amide bonds. The number of aromatic nitrogens is 2. The van der Waals surface area contributed by atoms with Crippen molar-refractivity contribution in [3.8, 4) is 11.4 Å². The fourth-order valence-electron chi connectivity index (χ4n) is 2.12. The Labute approximate surface area is 123 Å². The highest BCUT2D eigenvalue weighted by Gasteiger charge is 2.29. The summed E-state index contributed by atoms with van der Waals surface area (Å²) in [5.74, 6) is 0.662. The van der Waals surface area contributed by atoms with Gasteiger partial charge in [0, 0.05) is 11.5 Å². The van der Waals surface area contributed by atoms with Crippen LogP contribution in [0.5, 0.6) is 0 Å². The van der Waals surface area contributed by atoms with Gasteiger partial charge in [0.05, 0.1) is 9.26 Å². The first-order valence-electron chi connectivity index (χ1n) is 6.12. The molecule has 1 aliphatic carbocycles. The van der Waals surface area contributed by atoms with E-state index in [1.165, 1.54) is 12.1 Å². The number of nitrogens with zero attached hydrogens (tertiary/aromatic N) is 1.